The fourth-order valence-corrected chi connectivity index (χ4v) is 2.26. The zero-order valence-corrected chi connectivity index (χ0v) is 14.1. The van der Waals surface area contributed by atoms with Gasteiger partial charge in [-0.15, -0.1) is 0 Å². The summed E-state index contributed by atoms with van der Waals surface area (Å²) in [7, 11) is 3.10. The van der Waals surface area contributed by atoms with Gasteiger partial charge in [0.25, 0.3) is 5.91 Å². The minimum Gasteiger partial charge on any atom is -0.497 e. The lowest BCUT2D eigenvalue weighted by atomic mass is 10.2. The Labute approximate surface area is 145 Å². The summed E-state index contributed by atoms with van der Waals surface area (Å²) in [6, 6.07) is 11.7. The molecule has 0 unspecified atom stereocenters. The molecule has 2 rings (SSSR count). The summed E-state index contributed by atoms with van der Waals surface area (Å²) in [6.07, 6.45) is 0. The van der Waals surface area contributed by atoms with Gasteiger partial charge >= 0.3 is 6.03 Å². The molecule has 7 heteroatoms. The first-order valence-corrected chi connectivity index (χ1v) is 7.60. The Morgan fingerprint density at radius 1 is 1.17 bits per heavy atom. The normalized spacial score (nSPS) is 9.96. The summed E-state index contributed by atoms with van der Waals surface area (Å²) in [6.45, 7) is 0.346. The van der Waals surface area contributed by atoms with Crippen LogP contribution in [-0.2, 0) is 6.54 Å². The summed E-state index contributed by atoms with van der Waals surface area (Å²) in [5, 5.41) is 8.22. The number of urea groups is 1. The summed E-state index contributed by atoms with van der Waals surface area (Å²) in [5.41, 5.74) is 1.68. The predicted octanol–water partition coefficient (Wildman–Crippen LogP) is 3.03. The van der Waals surface area contributed by atoms with Gasteiger partial charge in [0.1, 0.15) is 5.75 Å². The van der Waals surface area contributed by atoms with Gasteiger partial charge in [0.05, 0.1) is 17.7 Å². The van der Waals surface area contributed by atoms with Crippen LogP contribution in [0, 0.1) is 0 Å². The standard InChI is InChI=1S/C17H18ClN3O3/c1-19-16(22)14-9-12(6-7-15(14)18)21-17(23)20-10-11-4-3-5-13(8-11)24-2/h3-9H,10H2,1-2H3,(H,19,22)(H2,20,21,23). The Bertz CT molecular complexity index is 750. The van der Waals surface area contributed by atoms with Crippen molar-refractivity contribution in [1.29, 1.82) is 0 Å². The molecule has 0 radical (unpaired) electrons. The van der Waals surface area contributed by atoms with Gasteiger partial charge in [0.2, 0.25) is 0 Å². The second kappa shape index (κ2) is 8.21. The average molecular weight is 348 g/mol. The zero-order valence-electron chi connectivity index (χ0n) is 13.4. The smallest absolute Gasteiger partial charge is 0.319 e. The van der Waals surface area contributed by atoms with Gasteiger partial charge in [0.15, 0.2) is 0 Å². The van der Waals surface area contributed by atoms with E-state index in [1.807, 2.05) is 24.3 Å². The van der Waals surface area contributed by atoms with Crippen molar-refractivity contribution in [3.05, 3.63) is 58.6 Å². The highest BCUT2D eigenvalue weighted by molar-refractivity contribution is 6.34. The van der Waals surface area contributed by atoms with Crippen molar-refractivity contribution < 1.29 is 14.3 Å². The number of carbonyl (C=O) groups excluding carboxylic acids is 2. The molecule has 0 spiro atoms. The number of hydrogen-bond acceptors (Lipinski definition) is 3. The third kappa shape index (κ3) is 4.63. The predicted molar refractivity (Wildman–Crippen MR) is 93.7 cm³/mol. The first-order chi connectivity index (χ1) is 11.5. The fourth-order valence-electron chi connectivity index (χ4n) is 2.05. The molecule has 126 valence electrons. The number of methoxy groups -OCH3 is 1. The number of ether oxygens (including phenoxy) is 1. The number of nitrogens with one attached hydrogen (secondary N) is 3. The van der Waals surface area contributed by atoms with Crippen molar-refractivity contribution in [2.75, 3.05) is 19.5 Å². The van der Waals surface area contributed by atoms with Gasteiger partial charge in [-0.1, -0.05) is 23.7 Å². The Morgan fingerprint density at radius 3 is 2.67 bits per heavy atom. The maximum atomic E-state index is 12.0. The second-order valence-electron chi connectivity index (χ2n) is 4.93. The van der Waals surface area contributed by atoms with Crippen LogP contribution in [-0.4, -0.2) is 26.1 Å². The third-order valence-corrected chi connectivity index (χ3v) is 3.61. The number of amides is 3. The highest BCUT2D eigenvalue weighted by Gasteiger charge is 2.11. The molecule has 24 heavy (non-hydrogen) atoms. The Kier molecular flexibility index (Phi) is 6.03. The molecule has 2 aromatic carbocycles. The highest BCUT2D eigenvalue weighted by atomic mass is 35.5. The van der Waals surface area contributed by atoms with Gasteiger partial charge in [-0.2, -0.15) is 0 Å². The molecule has 2 aromatic rings. The van der Waals surface area contributed by atoms with Crippen LogP contribution in [0.1, 0.15) is 15.9 Å². The molecule has 0 bridgehead atoms. The molecular weight excluding hydrogens is 330 g/mol. The van der Waals surface area contributed by atoms with Crippen LogP contribution in [0.4, 0.5) is 10.5 Å². The summed E-state index contributed by atoms with van der Waals surface area (Å²) < 4.78 is 5.14. The number of rotatable bonds is 5. The van der Waals surface area contributed by atoms with E-state index in [0.29, 0.717) is 22.8 Å². The summed E-state index contributed by atoms with van der Waals surface area (Å²) in [5.74, 6) is 0.406. The van der Waals surface area contributed by atoms with E-state index in [0.717, 1.165) is 11.3 Å². The van der Waals surface area contributed by atoms with Crippen molar-refractivity contribution in [2.24, 2.45) is 0 Å². The van der Waals surface area contributed by atoms with Crippen LogP contribution in [0.15, 0.2) is 42.5 Å². The molecular formula is C17H18ClN3O3. The van der Waals surface area contributed by atoms with E-state index in [1.165, 1.54) is 13.1 Å². The number of hydrogen-bond donors (Lipinski definition) is 3. The molecule has 0 heterocycles. The zero-order chi connectivity index (χ0) is 17.5. The maximum Gasteiger partial charge on any atom is 0.319 e. The van der Waals surface area contributed by atoms with E-state index in [-0.39, 0.29) is 11.9 Å². The molecule has 0 atom stereocenters. The third-order valence-electron chi connectivity index (χ3n) is 3.28. The SMILES string of the molecule is CNC(=O)c1cc(NC(=O)NCc2cccc(OC)c2)ccc1Cl. The van der Waals surface area contributed by atoms with E-state index < -0.39 is 0 Å². The number of carbonyl (C=O) groups is 2. The number of halogens is 1. The van der Waals surface area contributed by atoms with Crippen molar-refractivity contribution in [3.63, 3.8) is 0 Å². The molecule has 3 amide bonds. The van der Waals surface area contributed by atoms with Crippen molar-refractivity contribution in [3.8, 4) is 5.75 Å². The Morgan fingerprint density at radius 2 is 1.96 bits per heavy atom. The second-order valence-corrected chi connectivity index (χ2v) is 5.34. The Hall–Kier alpha value is -2.73. The topological polar surface area (TPSA) is 79.5 Å². The van der Waals surface area contributed by atoms with Crippen LogP contribution in [0.5, 0.6) is 5.75 Å². The van der Waals surface area contributed by atoms with Crippen LogP contribution in [0.2, 0.25) is 5.02 Å². The average Bonchev–Trinajstić information content (AvgIpc) is 2.61. The molecule has 0 saturated carbocycles. The van der Waals surface area contributed by atoms with Crippen molar-refractivity contribution in [2.45, 2.75) is 6.54 Å². The Balaban J connectivity index is 1.98. The molecule has 0 aliphatic carbocycles. The summed E-state index contributed by atoms with van der Waals surface area (Å²) >= 11 is 5.98. The molecule has 0 fully saturated rings. The van der Waals surface area contributed by atoms with Gasteiger partial charge in [-0.3, -0.25) is 4.79 Å². The fraction of sp³-hybridized carbons (Fsp3) is 0.176. The van der Waals surface area contributed by atoms with Crippen molar-refractivity contribution in [1.82, 2.24) is 10.6 Å². The van der Waals surface area contributed by atoms with E-state index in [4.69, 9.17) is 16.3 Å². The van der Waals surface area contributed by atoms with E-state index >= 15 is 0 Å². The molecule has 0 saturated heterocycles. The lowest BCUT2D eigenvalue weighted by molar-refractivity contribution is 0.0963. The van der Waals surface area contributed by atoms with Gasteiger partial charge in [-0.25, -0.2) is 4.79 Å². The van der Waals surface area contributed by atoms with Gasteiger partial charge < -0.3 is 20.7 Å². The highest BCUT2D eigenvalue weighted by Crippen LogP contribution is 2.20. The molecule has 0 aliphatic rings. The van der Waals surface area contributed by atoms with Gasteiger partial charge in [0, 0.05) is 19.3 Å². The monoisotopic (exact) mass is 347 g/mol. The van der Waals surface area contributed by atoms with Crippen LogP contribution in [0.3, 0.4) is 0 Å². The largest absolute Gasteiger partial charge is 0.497 e. The molecule has 3 N–H and O–H groups in total. The molecule has 0 aliphatic heterocycles. The minimum absolute atomic E-state index is 0.296. The van der Waals surface area contributed by atoms with E-state index in [1.54, 1.807) is 19.2 Å². The quantitative estimate of drug-likeness (QED) is 0.777. The lowest BCUT2D eigenvalue weighted by Crippen LogP contribution is -2.28. The molecule has 6 nitrogen and oxygen atoms in total. The van der Waals surface area contributed by atoms with Gasteiger partial charge in [-0.05, 0) is 35.9 Å². The molecule has 0 aromatic heterocycles. The number of benzene rings is 2. The first-order valence-electron chi connectivity index (χ1n) is 7.23. The van der Waals surface area contributed by atoms with E-state index in [9.17, 15) is 9.59 Å². The minimum atomic E-state index is -0.386. The summed E-state index contributed by atoms with van der Waals surface area (Å²) in [4.78, 5) is 23.7. The lowest BCUT2D eigenvalue weighted by Gasteiger charge is -2.10. The van der Waals surface area contributed by atoms with Crippen molar-refractivity contribution >= 4 is 29.2 Å². The van der Waals surface area contributed by atoms with E-state index in [2.05, 4.69) is 16.0 Å². The van der Waals surface area contributed by atoms with Crippen LogP contribution >= 0.6 is 11.6 Å². The van der Waals surface area contributed by atoms with Crippen LogP contribution < -0.4 is 20.7 Å². The van der Waals surface area contributed by atoms with Crippen LogP contribution in [0.25, 0.3) is 0 Å². The first kappa shape index (κ1) is 17.6. The maximum absolute atomic E-state index is 12.0. The number of anilines is 1.